The minimum atomic E-state index is -0.999. The number of primary amides is 1. The number of fused-ring (bicyclic) bond motifs is 1. The van der Waals surface area contributed by atoms with Gasteiger partial charge in [-0.25, -0.2) is 10.2 Å². The molecule has 0 atom stereocenters. The number of nitrogens with one attached hydrogen (secondary N) is 2. The molecule has 0 spiro atoms. The van der Waals surface area contributed by atoms with Crippen molar-refractivity contribution in [2.24, 2.45) is 10.8 Å². The predicted octanol–water partition coefficient (Wildman–Crippen LogP) is 1.77. The zero-order valence-electron chi connectivity index (χ0n) is 19.6. The fourth-order valence-electron chi connectivity index (χ4n) is 3.48. The van der Waals surface area contributed by atoms with Crippen molar-refractivity contribution in [3.05, 3.63) is 39.8 Å². The Labute approximate surface area is 205 Å². The van der Waals surface area contributed by atoms with E-state index in [9.17, 15) is 19.2 Å². The molecule has 12 heteroatoms. The Hall–Kier alpha value is -3.93. The zero-order valence-corrected chi connectivity index (χ0v) is 20.4. The van der Waals surface area contributed by atoms with Gasteiger partial charge in [0.25, 0.3) is 5.91 Å². The zero-order chi connectivity index (χ0) is 25.5. The van der Waals surface area contributed by atoms with Crippen molar-refractivity contribution >= 4 is 45.7 Å². The number of methoxy groups -OCH3 is 1. The Bertz CT molecular complexity index is 1190. The van der Waals surface area contributed by atoms with Crippen molar-refractivity contribution < 1.29 is 33.4 Å². The Kier molecular flexibility index (Phi) is 8.42. The molecule has 35 heavy (non-hydrogen) atoms. The van der Waals surface area contributed by atoms with Crippen LogP contribution in [0.5, 0.6) is 11.5 Å². The summed E-state index contributed by atoms with van der Waals surface area (Å²) >= 11 is 1.28. The predicted molar refractivity (Wildman–Crippen MR) is 129 cm³/mol. The number of hydrogen-bond acceptors (Lipinski definition) is 9. The lowest BCUT2D eigenvalue weighted by Gasteiger charge is -2.11. The first-order valence-electron chi connectivity index (χ1n) is 10.8. The summed E-state index contributed by atoms with van der Waals surface area (Å²) in [5.41, 5.74) is 9.44. The third-order valence-corrected chi connectivity index (χ3v) is 6.32. The summed E-state index contributed by atoms with van der Waals surface area (Å²) in [5.74, 6) is -2.46. The van der Waals surface area contributed by atoms with E-state index in [-0.39, 0.29) is 13.2 Å². The maximum atomic E-state index is 12.5. The average molecular weight is 503 g/mol. The largest absolute Gasteiger partial charge is 0.493 e. The van der Waals surface area contributed by atoms with E-state index < -0.39 is 23.7 Å². The summed E-state index contributed by atoms with van der Waals surface area (Å²) in [4.78, 5) is 49.2. The fourth-order valence-corrected chi connectivity index (χ4v) is 4.75. The highest BCUT2D eigenvalue weighted by Crippen LogP contribution is 2.39. The lowest BCUT2D eigenvalue weighted by molar-refractivity contribution is -0.136. The standard InChI is InChI=1S/C23H26N4O7S/c1-4-33-23(31)19-14-6-5-7-17(14)35-22(19)25-20(29)21(30)27-26-12(2)13-8-9-15(16(10-13)32-3)34-11-18(24)28/h8-10H,4-7,11H2,1-3H3,(H2,24,28)(H,25,29)(H,27,30). The molecule has 0 bridgehead atoms. The third kappa shape index (κ3) is 6.15. The monoisotopic (exact) mass is 502 g/mol. The van der Waals surface area contributed by atoms with Crippen LogP contribution in [0, 0.1) is 0 Å². The van der Waals surface area contributed by atoms with Crippen molar-refractivity contribution in [3.8, 4) is 11.5 Å². The number of aryl methyl sites for hydroxylation is 1. The molecule has 0 saturated carbocycles. The number of carbonyl (C=O) groups is 4. The van der Waals surface area contributed by atoms with Crippen LogP contribution in [0.3, 0.4) is 0 Å². The molecule has 0 unspecified atom stereocenters. The van der Waals surface area contributed by atoms with E-state index in [4.69, 9.17) is 19.9 Å². The first-order valence-corrected chi connectivity index (χ1v) is 11.6. The molecule has 1 aromatic heterocycles. The number of ether oxygens (including phenoxy) is 3. The molecule has 3 amide bonds. The molecule has 1 aliphatic carbocycles. The number of amides is 3. The maximum Gasteiger partial charge on any atom is 0.341 e. The van der Waals surface area contributed by atoms with Gasteiger partial charge in [0.1, 0.15) is 5.00 Å². The van der Waals surface area contributed by atoms with Gasteiger partial charge in [-0.3, -0.25) is 14.4 Å². The van der Waals surface area contributed by atoms with Gasteiger partial charge in [-0.05, 0) is 56.9 Å². The summed E-state index contributed by atoms with van der Waals surface area (Å²) in [7, 11) is 1.43. The lowest BCUT2D eigenvalue weighted by Crippen LogP contribution is -2.33. The molecular formula is C23H26N4O7S. The summed E-state index contributed by atoms with van der Waals surface area (Å²) in [6.45, 7) is 3.22. The van der Waals surface area contributed by atoms with Gasteiger partial charge in [-0.15, -0.1) is 11.3 Å². The normalized spacial score (nSPS) is 12.5. The van der Waals surface area contributed by atoms with E-state index in [1.807, 2.05) is 0 Å². The minimum absolute atomic E-state index is 0.203. The van der Waals surface area contributed by atoms with Crippen molar-refractivity contribution in [1.82, 2.24) is 5.43 Å². The number of nitrogens with two attached hydrogens (primary N) is 1. The highest BCUT2D eigenvalue weighted by atomic mass is 32.1. The molecule has 0 aliphatic heterocycles. The molecule has 3 rings (SSSR count). The van der Waals surface area contributed by atoms with Crippen molar-refractivity contribution in [2.45, 2.75) is 33.1 Å². The van der Waals surface area contributed by atoms with Gasteiger partial charge in [-0.2, -0.15) is 5.10 Å². The number of hydrogen-bond donors (Lipinski definition) is 3. The Balaban J connectivity index is 1.68. The molecule has 0 radical (unpaired) electrons. The van der Waals surface area contributed by atoms with Crippen molar-refractivity contribution in [1.29, 1.82) is 0 Å². The number of hydrazone groups is 1. The first-order chi connectivity index (χ1) is 16.7. The molecule has 186 valence electrons. The number of thiophene rings is 1. The van der Waals surface area contributed by atoms with Crippen LogP contribution in [0.2, 0.25) is 0 Å². The second kappa shape index (κ2) is 11.5. The molecule has 1 heterocycles. The molecule has 4 N–H and O–H groups in total. The smallest absolute Gasteiger partial charge is 0.341 e. The second-order valence-corrected chi connectivity index (χ2v) is 8.60. The Morgan fingerprint density at radius 3 is 2.60 bits per heavy atom. The molecule has 2 aromatic rings. The number of carbonyl (C=O) groups excluding carboxylic acids is 4. The average Bonchev–Trinajstić information content (AvgIpc) is 3.41. The van der Waals surface area contributed by atoms with Crippen LogP contribution in [0.1, 0.15) is 46.6 Å². The summed E-state index contributed by atoms with van der Waals surface area (Å²) < 4.78 is 15.7. The number of benzene rings is 1. The van der Waals surface area contributed by atoms with Crippen LogP contribution in [0.4, 0.5) is 5.00 Å². The van der Waals surface area contributed by atoms with Crippen LogP contribution >= 0.6 is 11.3 Å². The van der Waals surface area contributed by atoms with Crippen LogP contribution in [0.15, 0.2) is 23.3 Å². The highest BCUT2D eigenvalue weighted by Gasteiger charge is 2.29. The molecule has 1 aromatic carbocycles. The van der Waals surface area contributed by atoms with Gasteiger partial charge in [-0.1, -0.05) is 0 Å². The first kappa shape index (κ1) is 25.7. The van der Waals surface area contributed by atoms with Crippen LogP contribution in [-0.2, 0) is 32.0 Å². The Morgan fingerprint density at radius 2 is 1.91 bits per heavy atom. The van der Waals surface area contributed by atoms with Crippen molar-refractivity contribution in [2.75, 3.05) is 25.6 Å². The summed E-state index contributed by atoms with van der Waals surface area (Å²) in [6.07, 6.45) is 2.47. The molecule has 11 nitrogen and oxygen atoms in total. The van der Waals surface area contributed by atoms with Crippen LogP contribution in [-0.4, -0.2) is 49.7 Å². The third-order valence-electron chi connectivity index (χ3n) is 5.11. The number of nitrogens with zero attached hydrogens (tertiary/aromatic N) is 1. The van der Waals surface area contributed by atoms with E-state index in [1.165, 1.54) is 18.4 Å². The van der Waals surface area contributed by atoms with E-state index in [0.717, 1.165) is 29.7 Å². The van der Waals surface area contributed by atoms with Crippen LogP contribution in [0.25, 0.3) is 0 Å². The number of rotatable bonds is 9. The van der Waals surface area contributed by atoms with Gasteiger partial charge in [0, 0.05) is 10.4 Å². The van der Waals surface area contributed by atoms with E-state index >= 15 is 0 Å². The number of anilines is 1. The molecule has 0 fully saturated rings. The Morgan fingerprint density at radius 1 is 1.14 bits per heavy atom. The SMILES string of the molecule is CCOC(=O)c1c(NC(=O)C(=O)NN=C(C)c2ccc(OCC(N)=O)c(OC)c2)sc2c1CCC2. The topological polar surface area (TPSA) is 158 Å². The highest BCUT2D eigenvalue weighted by molar-refractivity contribution is 7.17. The quantitative estimate of drug-likeness (QED) is 0.204. The van der Waals surface area contributed by atoms with E-state index in [2.05, 4.69) is 15.8 Å². The van der Waals surface area contributed by atoms with Gasteiger partial charge in [0.2, 0.25) is 0 Å². The maximum absolute atomic E-state index is 12.5. The van der Waals surface area contributed by atoms with E-state index in [0.29, 0.717) is 33.3 Å². The van der Waals surface area contributed by atoms with Gasteiger partial charge in [0.15, 0.2) is 18.1 Å². The van der Waals surface area contributed by atoms with E-state index in [1.54, 1.807) is 32.0 Å². The van der Waals surface area contributed by atoms with Gasteiger partial charge < -0.3 is 25.3 Å². The molecule has 0 saturated heterocycles. The molecular weight excluding hydrogens is 476 g/mol. The second-order valence-electron chi connectivity index (χ2n) is 7.49. The number of esters is 1. The van der Waals surface area contributed by atoms with Gasteiger partial charge >= 0.3 is 17.8 Å². The summed E-state index contributed by atoms with van der Waals surface area (Å²) in [5, 5.41) is 6.78. The van der Waals surface area contributed by atoms with Crippen LogP contribution < -0.4 is 25.9 Å². The van der Waals surface area contributed by atoms with Gasteiger partial charge in [0.05, 0.1) is 25.0 Å². The minimum Gasteiger partial charge on any atom is -0.493 e. The summed E-state index contributed by atoms with van der Waals surface area (Å²) in [6, 6.07) is 4.81. The lowest BCUT2D eigenvalue weighted by atomic mass is 10.1. The fraction of sp³-hybridized carbons (Fsp3) is 0.348. The van der Waals surface area contributed by atoms with Crippen molar-refractivity contribution in [3.63, 3.8) is 0 Å². The molecule has 1 aliphatic rings.